The summed E-state index contributed by atoms with van der Waals surface area (Å²) in [6, 6.07) is 9.89. The Balaban J connectivity index is 1.42. The second kappa shape index (κ2) is 6.74. The standard InChI is InChI=1S/C19H17F3N4O2/c20-19(21,22)13-3-1-12(2-4-13)17(27)26-9-7-25(8-10-26)14-5-6-15-16(11-14)24-18(28)23-15/h1-6,11H,7-10H2,(H2,23,24,28). The molecule has 2 N–H and O–H groups in total. The molecule has 0 aliphatic carbocycles. The van der Waals surface area contributed by atoms with Gasteiger partial charge in [0.15, 0.2) is 0 Å². The van der Waals surface area contributed by atoms with Crippen LogP contribution >= 0.6 is 0 Å². The van der Waals surface area contributed by atoms with Gasteiger partial charge >= 0.3 is 11.9 Å². The predicted molar refractivity (Wildman–Crippen MR) is 98.5 cm³/mol. The van der Waals surface area contributed by atoms with Crippen molar-refractivity contribution < 1.29 is 18.0 Å². The van der Waals surface area contributed by atoms with E-state index in [4.69, 9.17) is 0 Å². The first-order valence-electron chi connectivity index (χ1n) is 8.75. The third kappa shape index (κ3) is 3.47. The molecule has 1 saturated heterocycles. The van der Waals surface area contributed by atoms with Crippen LogP contribution in [-0.2, 0) is 6.18 Å². The van der Waals surface area contributed by atoms with E-state index in [-0.39, 0.29) is 17.2 Å². The number of hydrogen-bond donors (Lipinski definition) is 2. The third-order valence-electron chi connectivity index (χ3n) is 4.89. The number of fused-ring (bicyclic) bond motifs is 1. The SMILES string of the molecule is O=C(c1ccc(C(F)(F)F)cc1)N1CCN(c2ccc3[nH]c(=O)[nH]c3c2)CC1. The normalized spacial score (nSPS) is 15.2. The van der Waals surface area contributed by atoms with E-state index in [1.165, 1.54) is 12.1 Å². The van der Waals surface area contributed by atoms with Crippen molar-refractivity contribution in [3.63, 3.8) is 0 Å². The fourth-order valence-electron chi connectivity index (χ4n) is 3.37. The highest BCUT2D eigenvalue weighted by molar-refractivity contribution is 5.94. The zero-order valence-electron chi connectivity index (χ0n) is 14.7. The monoisotopic (exact) mass is 390 g/mol. The molecule has 1 amide bonds. The van der Waals surface area contributed by atoms with Gasteiger partial charge in [-0.15, -0.1) is 0 Å². The van der Waals surface area contributed by atoms with Gasteiger partial charge in [0, 0.05) is 37.4 Å². The van der Waals surface area contributed by atoms with Crippen LogP contribution in [0.15, 0.2) is 47.3 Å². The Hall–Kier alpha value is -3.23. The highest BCUT2D eigenvalue weighted by atomic mass is 19.4. The molecule has 2 heterocycles. The minimum Gasteiger partial charge on any atom is -0.368 e. The second-order valence-corrected chi connectivity index (χ2v) is 6.66. The van der Waals surface area contributed by atoms with Crippen LogP contribution < -0.4 is 10.6 Å². The maximum atomic E-state index is 12.7. The molecule has 0 unspecified atom stereocenters. The average Bonchev–Trinajstić information content (AvgIpc) is 3.06. The highest BCUT2D eigenvalue weighted by Gasteiger charge is 2.30. The molecule has 0 atom stereocenters. The number of aromatic nitrogens is 2. The molecule has 9 heteroatoms. The topological polar surface area (TPSA) is 72.2 Å². The Bertz CT molecular complexity index is 1060. The lowest BCUT2D eigenvalue weighted by Crippen LogP contribution is -2.48. The van der Waals surface area contributed by atoms with Gasteiger partial charge in [-0.05, 0) is 42.5 Å². The summed E-state index contributed by atoms with van der Waals surface area (Å²) in [5, 5.41) is 0. The summed E-state index contributed by atoms with van der Waals surface area (Å²) >= 11 is 0. The number of rotatable bonds is 2. The van der Waals surface area contributed by atoms with Gasteiger partial charge in [0.2, 0.25) is 0 Å². The summed E-state index contributed by atoms with van der Waals surface area (Å²) in [7, 11) is 0. The number of benzene rings is 2. The van der Waals surface area contributed by atoms with Crippen LogP contribution in [0.25, 0.3) is 11.0 Å². The molecule has 146 valence electrons. The lowest BCUT2D eigenvalue weighted by Gasteiger charge is -2.36. The molecule has 28 heavy (non-hydrogen) atoms. The van der Waals surface area contributed by atoms with E-state index in [0.29, 0.717) is 31.7 Å². The Morgan fingerprint density at radius 3 is 2.18 bits per heavy atom. The molecular weight excluding hydrogens is 373 g/mol. The van der Waals surface area contributed by atoms with Crippen molar-refractivity contribution in [3.05, 3.63) is 64.1 Å². The molecule has 3 aromatic rings. The number of aromatic amines is 2. The first-order chi connectivity index (χ1) is 13.3. The van der Waals surface area contributed by atoms with Crippen LogP contribution in [-0.4, -0.2) is 47.0 Å². The Morgan fingerprint density at radius 2 is 1.54 bits per heavy atom. The molecule has 1 aromatic heterocycles. The van der Waals surface area contributed by atoms with E-state index < -0.39 is 11.7 Å². The maximum Gasteiger partial charge on any atom is 0.416 e. The molecule has 4 rings (SSSR count). The number of piperazine rings is 1. The molecule has 6 nitrogen and oxygen atoms in total. The van der Waals surface area contributed by atoms with Crippen molar-refractivity contribution in [2.45, 2.75) is 6.18 Å². The van der Waals surface area contributed by atoms with E-state index in [0.717, 1.165) is 23.3 Å². The van der Waals surface area contributed by atoms with E-state index in [1.54, 1.807) is 4.90 Å². The number of carbonyl (C=O) groups excluding carboxylic acids is 1. The number of carbonyl (C=O) groups is 1. The van der Waals surface area contributed by atoms with Crippen molar-refractivity contribution in [1.29, 1.82) is 0 Å². The number of hydrogen-bond acceptors (Lipinski definition) is 3. The zero-order valence-corrected chi connectivity index (χ0v) is 14.7. The lowest BCUT2D eigenvalue weighted by atomic mass is 10.1. The van der Waals surface area contributed by atoms with Crippen molar-refractivity contribution in [1.82, 2.24) is 14.9 Å². The molecule has 2 aromatic carbocycles. The van der Waals surface area contributed by atoms with E-state index in [9.17, 15) is 22.8 Å². The lowest BCUT2D eigenvalue weighted by molar-refractivity contribution is -0.137. The third-order valence-corrected chi connectivity index (χ3v) is 4.89. The number of imidazole rings is 1. The highest BCUT2D eigenvalue weighted by Crippen LogP contribution is 2.29. The van der Waals surface area contributed by atoms with Gasteiger partial charge in [-0.1, -0.05) is 0 Å². The first kappa shape index (κ1) is 18.1. The Kier molecular flexibility index (Phi) is 4.37. The number of nitrogens with zero attached hydrogens (tertiary/aromatic N) is 2. The predicted octanol–water partition coefficient (Wildman–Crippen LogP) is 2.84. The molecule has 0 spiro atoms. The van der Waals surface area contributed by atoms with Crippen LogP contribution in [0.4, 0.5) is 18.9 Å². The first-order valence-corrected chi connectivity index (χ1v) is 8.75. The molecule has 0 saturated carbocycles. The molecule has 0 radical (unpaired) electrons. The van der Waals surface area contributed by atoms with Gasteiger partial charge in [0.05, 0.1) is 16.6 Å². The summed E-state index contributed by atoms with van der Waals surface area (Å²) < 4.78 is 38.0. The smallest absolute Gasteiger partial charge is 0.368 e. The largest absolute Gasteiger partial charge is 0.416 e. The molecule has 1 aliphatic rings. The van der Waals surface area contributed by atoms with Crippen molar-refractivity contribution in [2.24, 2.45) is 0 Å². The zero-order chi connectivity index (χ0) is 19.9. The molecule has 1 fully saturated rings. The van der Waals surface area contributed by atoms with Crippen LogP contribution in [0.1, 0.15) is 15.9 Å². The van der Waals surface area contributed by atoms with Gasteiger partial charge in [0.1, 0.15) is 0 Å². The average molecular weight is 390 g/mol. The van der Waals surface area contributed by atoms with Crippen LogP contribution in [0.2, 0.25) is 0 Å². The van der Waals surface area contributed by atoms with Crippen molar-refractivity contribution in [2.75, 3.05) is 31.1 Å². The van der Waals surface area contributed by atoms with Crippen LogP contribution in [0.5, 0.6) is 0 Å². The summed E-state index contributed by atoms with van der Waals surface area (Å²) in [5.74, 6) is -0.279. The number of alkyl halides is 3. The van der Waals surface area contributed by atoms with E-state index >= 15 is 0 Å². The number of anilines is 1. The fourth-order valence-corrected chi connectivity index (χ4v) is 3.37. The summed E-state index contributed by atoms with van der Waals surface area (Å²) in [6.07, 6.45) is -4.42. The van der Waals surface area contributed by atoms with Crippen molar-refractivity contribution >= 4 is 22.6 Å². The van der Waals surface area contributed by atoms with Crippen LogP contribution in [0, 0.1) is 0 Å². The number of nitrogens with one attached hydrogen (secondary N) is 2. The van der Waals surface area contributed by atoms with E-state index in [1.807, 2.05) is 18.2 Å². The number of halogens is 3. The van der Waals surface area contributed by atoms with E-state index in [2.05, 4.69) is 14.9 Å². The summed E-state index contributed by atoms with van der Waals surface area (Å²) in [6.45, 7) is 2.10. The Morgan fingerprint density at radius 1 is 0.893 bits per heavy atom. The second-order valence-electron chi connectivity index (χ2n) is 6.66. The minimum atomic E-state index is -4.42. The Labute approximate surface area is 157 Å². The summed E-state index contributed by atoms with van der Waals surface area (Å²) in [4.78, 5) is 33.1. The van der Waals surface area contributed by atoms with Gasteiger partial charge in [-0.3, -0.25) is 4.79 Å². The minimum absolute atomic E-state index is 0.243. The summed E-state index contributed by atoms with van der Waals surface area (Å²) in [5.41, 5.74) is 1.58. The van der Waals surface area contributed by atoms with Gasteiger partial charge < -0.3 is 19.8 Å². The van der Waals surface area contributed by atoms with Gasteiger partial charge in [-0.25, -0.2) is 4.79 Å². The van der Waals surface area contributed by atoms with Crippen LogP contribution in [0.3, 0.4) is 0 Å². The maximum absolute atomic E-state index is 12.7. The van der Waals surface area contributed by atoms with Gasteiger partial charge in [0.25, 0.3) is 5.91 Å². The van der Waals surface area contributed by atoms with Gasteiger partial charge in [-0.2, -0.15) is 13.2 Å². The number of H-pyrrole nitrogens is 2. The quantitative estimate of drug-likeness (QED) is 0.707. The van der Waals surface area contributed by atoms with Crippen molar-refractivity contribution in [3.8, 4) is 0 Å². The molecule has 0 bridgehead atoms. The molecule has 1 aliphatic heterocycles. The fraction of sp³-hybridized carbons (Fsp3) is 0.263. The number of amides is 1. The molecular formula is C19H17F3N4O2.